The normalized spacial score (nSPS) is 16.6. The van der Waals surface area contributed by atoms with Gasteiger partial charge < -0.3 is 88.5 Å². The summed E-state index contributed by atoms with van der Waals surface area (Å²) in [5.74, 6) is -5.09. The number of carbonyl (C=O) groups is 6. The summed E-state index contributed by atoms with van der Waals surface area (Å²) in [6, 6.07) is 28.9. The van der Waals surface area contributed by atoms with Crippen LogP contribution < -0.4 is 25.4 Å². The molecule has 6 aliphatic rings. The molecule has 0 bridgehead atoms. The third-order valence-electron chi connectivity index (χ3n) is 23.1. The van der Waals surface area contributed by atoms with Crippen molar-refractivity contribution in [3.8, 4) is 23.9 Å². The van der Waals surface area contributed by atoms with Crippen LogP contribution in [0.2, 0.25) is 0 Å². The third-order valence-corrected chi connectivity index (χ3v) is 23.1. The van der Waals surface area contributed by atoms with Gasteiger partial charge in [0.05, 0.1) is 88.1 Å². The van der Waals surface area contributed by atoms with Crippen LogP contribution in [-0.2, 0) is 54.8 Å². The van der Waals surface area contributed by atoms with Crippen molar-refractivity contribution in [3.63, 3.8) is 0 Å². The number of carboxylic acids is 4. The number of hydrogen-bond donors (Lipinski definition) is 6. The Morgan fingerprint density at radius 3 is 1.29 bits per heavy atom. The number of aliphatic carboxylic acids is 1. The fraction of sp³-hybridized carbons (Fsp3) is 0.474. The number of nitrogens with two attached hydrogens (primary N) is 1. The minimum atomic E-state index is -1.20. The second-order valence-electron chi connectivity index (χ2n) is 33.8. The lowest BCUT2D eigenvalue weighted by Crippen LogP contribution is -2.42. The fourth-order valence-corrected chi connectivity index (χ4v) is 16.0. The van der Waals surface area contributed by atoms with E-state index in [1.54, 1.807) is 36.2 Å². The minimum Gasteiger partial charge on any atom is -0.481 e. The number of benzene rings is 5. The number of nitrogens with one attached hydrogen (secondary N) is 1. The number of methoxy groups -OCH3 is 3. The van der Waals surface area contributed by atoms with Gasteiger partial charge in [-0.1, -0.05) is 61.4 Å². The number of halogens is 6. The molecule has 0 radical (unpaired) electrons. The van der Waals surface area contributed by atoms with Gasteiger partial charge in [-0.05, 0) is 188 Å². The SMILES string of the molecule is C.C.C.C.C.CC(C)(C)OC(=O)N1CCC2(CC1)CC2C(=O)O.COCCNc1cc(C(=O)O)cc(F)c1N.COCCn1c(C2CC23CCN(C(=O)OC(C)(C)C)CC3)nc2c(F)cc(C(=O)O)cc21.COCCn1c(C2CC23CCN(c2cccc(OCc4ccc(C#N)cc4F)n2)CC3)nc2c(F)cc(C(=O)O)cc21.N#Cc1ccc(COc2cccc(F)n2)c(F)c1. The average molecular weight is 1830 g/mol. The highest BCUT2D eigenvalue weighted by molar-refractivity contribution is 5.94. The highest BCUT2D eigenvalue weighted by Crippen LogP contribution is 2.66. The number of piperidine rings is 3. The maximum Gasteiger partial charge on any atom is 0.410 e. The number of nitrogen functional groups attached to an aromatic ring is 1. The molecule has 5 aromatic carbocycles. The van der Waals surface area contributed by atoms with Crippen LogP contribution in [0.1, 0.15) is 213 Å². The number of carboxylic acid groups (broad SMARTS) is 4. The first kappa shape index (κ1) is 107. The van der Waals surface area contributed by atoms with E-state index < -0.39 is 70.1 Å². The van der Waals surface area contributed by atoms with Crippen LogP contribution in [-0.4, -0.2) is 194 Å². The molecular formula is C95H121F6N13O17. The van der Waals surface area contributed by atoms with Crippen molar-refractivity contribution < 1.29 is 109 Å². The van der Waals surface area contributed by atoms with Crippen molar-refractivity contribution in [3.05, 3.63) is 195 Å². The molecule has 15 rings (SSSR count). The number of aromatic nitrogens is 6. The van der Waals surface area contributed by atoms with E-state index in [9.17, 15) is 65.3 Å². The van der Waals surface area contributed by atoms with Gasteiger partial charge in [0.15, 0.2) is 11.6 Å². The third kappa shape index (κ3) is 26.7. The predicted octanol–water partition coefficient (Wildman–Crippen LogP) is 18.6. The van der Waals surface area contributed by atoms with Gasteiger partial charge in [0, 0.05) is 115 Å². The van der Waals surface area contributed by atoms with Crippen molar-refractivity contribution in [1.82, 2.24) is 38.9 Å². The number of nitrogens with zero attached hydrogens (tertiary/aromatic N) is 11. The molecule has 7 heterocycles. The molecule has 710 valence electrons. The van der Waals surface area contributed by atoms with Gasteiger partial charge in [0.2, 0.25) is 17.7 Å². The molecule has 3 aliphatic carbocycles. The number of nitriles is 2. The molecule has 36 heteroatoms. The summed E-state index contributed by atoms with van der Waals surface area (Å²) in [7, 11) is 4.71. The molecule has 30 nitrogen and oxygen atoms in total. The molecule has 7 N–H and O–H groups in total. The fourth-order valence-electron chi connectivity index (χ4n) is 16.0. The van der Waals surface area contributed by atoms with Crippen LogP contribution in [0.5, 0.6) is 11.8 Å². The topological polar surface area (TPSA) is 405 Å². The number of aromatic carboxylic acids is 3. The molecule has 3 spiro atoms. The van der Waals surface area contributed by atoms with Crippen LogP contribution in [0.15, 0.2) is 109 Å². The van der Waals surface area contributed by atoms with E-state index in [2.05, 4.69) is 30.2 Å². The molecule has 3 atom stereocenters. The first-order valence-electron chi connectivity index (χ1n) is 40.9. The van der Waals surface area contributed by atoms with E-state index in [1.807, 2.05) is 74.9 Å². The molecule has 6 fully saturated rings. The lowest BCUT2D eigenvalue weighted by Gasteiger charge is -2.34. The van der Waals surface area contributed by atoms with Gasteiger partial charge >= 0.3 is 36.1 Å². The maximum atomic E-state index is 14.9. The van der Waals surface area contributed by atoms with E-state index in [0.717, 1.165) is 113 Å². The van der Waals surface area contributed by atoms with E-state index in [0.29, 0.717) is 88.1 Å². The van der Waals surface area contributed by atoms with Crippen LogP contribution in [0.4, 0.5) is 53.1 Å². The standard InChI is InChI=1S/C31H29F2N5O4.C23H30FN3O5.C13H8F2N2O.C13H21NO4.C10H13FN2O3.5CH4/c1-41-12-11-38-25-15-21(30(39)40)14-24(33)28(25)36-29(38)22-16-31(22)7-9-37(10-8-31)26-3-2-4-27(35-26)42-18-20-6-5-19(17-34)13-23(20)32;1-22(2,3)32-21(30)26-7-5-23(6-8-26)13-15(23)19-25-18-16(24)11-14(20(28)29)12-17(18)27(19)9-10-31-4;14-11-6-9(7-16)4-5-10(11)8-18-13-3-1-2-12(15)17-13;1-12(2,3)18-11(17)14-6-4-13(5-7-14)8-9(13)10(15)16;1-16-3-2-13-8-5-6(10(14)15)4-7(11)9(8)12;;;;;/h2-6,13-15,22H,7-12,16,18H2,1H3,(H,39,40);11-12,15H,5-10,13H2,1-4H3,(H,28,29);1-6H,8H2;9H,4-8H2,1-3H3,(H,15,16);4-5,13H,2-3,12H2,1H3,(H,14,15);5*1H4. The Labute approximate surface area is 759 Å². The van der Waals surface area contributed by atoms with Crippen LogP contribution in [0.3, 0.4) is 0 Å². The summed E-state index contributed by atoms with van der Waals surface area (Å²) in [6.07, 6.45) is 7.05. The number of fused-ring (bicyclic) bond motifs is 2. The summed E-state index contributed by atoms with van der Waals surface area (Å²) in [5.41, 5.74) is 6.73. The average Bonchev–Trinajstić information content (AvgIpc) is 1.56. The van der Waals surface area contributed by atoms with Crippen LogP contribution >= 0.6 is 0 Å². The van der Waals surface area contributed by atoms with E-state index >= 15 is 0 Å². The highest BCUT2D eigenvalue weighted by atomic mass is 19.1. The summed E-state index contributed by atoms with van der Waals surface area (Å²) >= 11 is 0. The molecule has 131 heavy (non-hydrogen) atoms. The van der Waals surface area contributed by atoms with Crippen molar-refractivity contribution >= 4 is 75.3 Å². The molecule has 9 aromatic rings. The Hall–Kier alpha value is -12.8. The van der Waals surface area contributed by atoms with Gasteiger partial charge in [0.25, 0.3) is 0 Å². The number of hydrogen-bond acceptors (Lipinski definition) is 22. The Morgan fingerprint density at radius 1 is 0.496 bits per heavy atom. The lowest BCUT2D eigenvalue weighted by atomic mass is 9.90. The van der Waals surface area contributed by atoms with Gasteiger partial charge in [-0.2, -0.15) is 24.9 Å². The number of imidazole rings is 2. The number of likely N-dealkylation sites (tertiary alicyclic amines) is 2. The zero-order chi connectivity index (χ0) is 91.3. The van der Waals surface area contributed by atoms with Crippen molar-refractivity contribution in [2.45, 2.75) is 186 Å². The molecule has 3 saturated heterocycles. The summed E-state index contributed by atoms with van der Waals surface area (Å²) in [4.78, 5) is 91.9. The summed E-state index contributed by atoms with van der Waals surface area (Å²) < 4.78 is 124. The number of carbonyl (C=O) groups excluding carboxylic acids is 2. The van der Waals surface area contributed by atoms with Crippen LogP contribution in [0, 0.1) is 79.9 Å². The Balaban J connectivity index is 0.000000264. The second-order valence-corrected chi connectivity index (χ2v) is 33.8. The van der Waals surface area contributed by atoms with Gasteiger partial charge in [-0.3, -0.25) is 4.79 Å². The maximum absolute atomic E-state index is 14.9. The molecule has 3 unspecified atom stereocenters. The van der Waals surface area contributed by atoms with Gasteiger partial charge in [-0.15, -0.1) is 0 Å². The van der Waals surface area contributed by atoms with Crippen molar-refractivity contribution in [1.29, 1.82) is 10.5 Å². The second kappa shape index (κ2) is 45.6. The highest BCUT2D eigenvalue weighted by Gasteiger charge is 2.61. The van der Waals surface area contributed by atoms with Gasteiger partial charge in [0.1, 0.15) is 70.4 Å². The Morgan fingerprint density at radius 2 is 0.901 bits per heavy atom. The number of anilines is 3. The number of ether oxygens (including phenoxy) is 7. The monoisotopic (exact) mass is 1830 g/mol. The van der Waals surface area contributed by atoms with E-state index in [4.69, 9.17) is 59.6 Å². The molecule has 3 aliphatic heterocycles. The number of pyridine rings is 2. The van der Waals surface area contributed by atoms with Crippen molar-refractivity contribution in [2.24, 2.45) is 22.2 Å². The predicted molar refractivity (Wildman–Crippen MR) is 481 cm³/mol. The quantitative estimate of drug-likeness (QED) is 0.0150. The number of rotatable bonds is 23. The summed E-state index contributed by atoms with van der Waals surface area (Å²) in [6.45, 7) is 17.6. The first-order valence-corrected chi connectivity index (χ1v) is 40.9. The van der Waals surface area contributed by atoms with E-state index in [1.165, 1.54) is 67.8 Å². The Bertz CT molecular complexity index is 5590. The smallest absolute Gasteiger partial charge is 0.410 e. The minimum absolute atomic E-state index is 0. The molecular weight excluding hydrogens is 1710 g/mol. The first-order chi connectivity index (χ1) is 59.8. The lowest BCUT2D eigenvalue weighted by molar-refractivity contribution is -0.139. The zero-order valence-corrected chi connectivity index (χ0v) is 71.2. The largest absolute Gasteiger partial charge is 0.481 e. The number of amides is 2. The van der Waals surface area contributed by atoms with E-state index in [-0.39, 0.29) is 158 Å². The van der Waals surface area contributed by atoms with Gasteiger partial charge in [-0.25, -0.2) is 55.9 Å². The Kier molecular flexibility index (Phi) is 37.3. The summed E-state index contributed by atoms with van der Waals surface area (Å²) in [5, 5.41) is 56.8. The zero-order valence-electron chi connectivity index (χ0n) is 71.2. The van der Waals surface area contributed by atoms with Crippen LogP contribution in [0.25, 0.3) is 22.1 Å². The molecule has 2 amide bonds. The molecule has 3 saturated carbocycles. The van der Waals surface area contributed by atoms with Crippen molar-refractivity contribution in [2.75, 3.05) is 103 Å². The molecule has 4 aromatic heterocycles.